The maximum absolute atomic E-state index is 13.0. The lowest BCUT2D eigenvalue weighted by Gasteiger charge is -2.33. The van der Waals surface area contributed by atoms with E-state index in [4.69, 9.17) is 5.73 Å². The predicted molar refractivity (Wildman–Crippen MR) is 123 cm³/mol. The average Bonchev–Trinajstić information content (AvgIpc) is 3.29. The Hall–Kier alpha value is -2.67. The summed E-state index contributed by atoms with van der Waals surface area (Å²) in [5.74, 6) is -0.430. The van der Waals surface area contributed by atoms with Crippen LogP contribution in [0.1, 0.15) is 54.3 Å². The summed E-state index contributed by atoms with van der Waals surface area (Å²) < 4.78 is 0. The van der Waals surface area contributed by atoms with Crippen LogP contribution in [0.5, 0.6) is 0 Å². The van der Waals surface area contributed by atoms with Gasteiger partial charge in [-0.2, -0.15) is 0 Å². The van der Waals surface area contributed by atoms with Crippen LogP contribution >= 0.6 is 11.3 Å². The minimum Gasteiger partial charge on any atom is -0.365 e. The molecule has 0 spiro atoms. The van der Waals surface area contributed by atoms with Gasteiger partial charge in [0, 0.05) is 29.4 Å². The quantitative estimate of drug-likeness (QED) is 0.732. The van der Waals surface area contributed by atoms with E-state index < -0.39 is 11.8 Å². The Labute approximate surface area is 186 Å². The topological polar surface area (TPSA) is 92.5 Å². The molecule has 2 fully saturated rings. The molecule has 1 aromatic heterocycles. The smallest absolute Gasteiger partial charge is 0.252 e. The highest BCUT2D eigenvalue weighted by Crippen LogP contribution is 2.40. The van der Waals surface area contributed by atoms with E-state index in [0.29, 0.717) is 23.0 Å². The van der Waals surface area contributed by atoms with E-state index in [-0.39, 0.29) is 24.3 Å². The summed E-state index contributed by atoms with van der Waals surface area (Å²) >= 11 is 1.35. The molecule has 7 heteroatoms. The van der Waals surface area contributed by atoms with E-state index in [0.717, 1.165) is 41.7 Å². The van der Waals surface area contributed by atoms with Gasteiger partial charge in [0.25, 0.3) is 5.91 Å². The fourth-order valence-corrected chi connectivity index (χ4v) is 5.93. The highest BCUT2D eigenvalue weighted by atomic mass is 32.1. The first-order valence-electron chi connectivity index (χ1n) is 10.9. The molecule has 164 valence electrons. The van der Waals surface area contributed by atoms with Gasteiger partial charge >= 0.3 is 0 Å². The van der Waals surface area contributed by atoms with Crippen LogP contribution in [0, 0.1) is 18.8 Å². The van der Waals surface area contributed by atoms with Crippen LogP contribution in [-0.2, 0) is 9.59 Å². The Morgan fingerprint density at radius 3 is 2.45 bits per heavy atom. The number of benzene rings is 1. The van der Waals surface area contributed by atoms with Gasteiger partial charge in [-0.1, -0.05) is 37.3 Å². The number of nitrogens with two attached hydrogens (primary N) is 1. The van der Waals surface area contributed by atoms with Crippen LogP contribution in [0.15, 0.2) is 30.3 Å². The molecule has 1 unspecified atom stereocenters. The number of aryl methyl sites for hydroxylation is 1. The minimum atomic E-state index is -0.570. The molecule has 0 bridgehead atoms. The van der Waals surface area contributed by atoms with E-state index in [1.165, 1.54) is 11.3 Å². The minimum absolute atomic E-state index is 0.0576. The van der Waals surface area contributed by atoms with Crippen molar-refractivity contribution in [2.45, 2.75) is 52.0 Å². The Bertz CT molecular complexity index is 993. The van der Waals surface area contributed by atoms with Crippen molar-refractivity contribution < 1.29 is 14.4 Å². The lowest BCUT2D eigenvalue weighted by molar-refractivity contribution is -0.130. The first-order valence-corrected chi connectivity index (χ1v) is 11.8. The molecule has 3 amide bonds. The molecule has 1 saturated carbocycles. The van der Waals surface area contributed by atoms with E-state index >= 15 is 0 Å². The molecule has 6 nitrogen and oxygen atoms in total. The summed E-state index contributed by atoms with van der Waals surface area (Å²) in [6, 6.07) is 9.81. The van der Waals surface area contributed by atoms with Crippen molar-refractivity contribution in [1.82, 2.24) is 4.90 Å². The summed E-state index contributed by atoms with van der Waals surface area (Å²) in [6.45, 7) is 4.62. The van der Waals surface area contributed by atoms with Crippen molar-refractivity contribution in [3.05, 3.63) is 40.8 Å². The van der Waals surface area contributed by atoms with Crippen molar-refractivity contribution >= 4 is 34.1 Å². The van der Waals surface area contributed by atoms with Gasteiger partial charge in [0.1, 0.15) is 5.00 Å². The number of anilines is 1. The Kier molecular flexibility index (Phi) is 6.14. The number of carbonyl (C=O) groups is 3. The zero-order valence-electron chi connectivity index (χ0n) is 18.0. The van der Waals surface area contributed by atoms with Crippen molar-refractivity contribution in [3.63, 3.8) is 0 Å². The zero-order chi connectivity index (χ0) is 22.1. The summed E-state index contributed by atoms with van der Waals surface area (Å²) in [7, 11) is 0. The lowest BCUT2D eigenvalue weighted by Crippen LogP contribution is -2.39. The van der Waals surface area contributed by atoms with Crippen LogP contribution in [-0.4, -0.2) is 35.2 Å². The van der Waals surface area contributed by atoms with Gasteiger partial charge in [-0.05, 0) is 44.1 Å². The van der Waals surface area contributed by atoms with Gasteiger partial charge in [-0.15, -0.1) is 11.3 Å². The third-order valence-corrected chi connectivity index (χ3v) is 7.61. The molecule has 2 heterocycles. The highest BCUT2D eigenvalue weighted by molar-refractivity contribution is 7.17. The number of hydrogen-bond acceptors (Lipinski definition) is 4. The molecule has 1 aliphatic carbocycles. The Balaban J connectivity index is 1.51. The van der Waals surface area contributed by atoms with Gasteiger partial charge in [-0.25, -0.2) is 0 Å². The van der Waals surface area contributed by atoms with Crippen LogP contribution in [0.3, 0.4) is 0 Å². The number of carbonyl (C=O) groups excluding carboxylic acids is 3. The van der Waals surface area contributed by atoms with Gasteiger partial charge in [0.15, 0.2) is 0 Å². The number of amides is 3. The molecule has 3 N–H and O–H groups in total. The summed E-state index contributed by atoms with van der Waals surface area (Å²) in [6.07, 6.45) is 4.50. The van der Waals surface area contributed by atoms with Crippen LogP contribution < -0.4 is 11.1 Å². The molecule has 31 heavy (non-hydrogen) atoms. The first kappa shape index (κ1) is 21.6. The van der Waals surface area contributed by atoms with Crippen LogP contribution in [0.25, 0.3) is 11.1 Å². The normalized spacial score (nSPS) is 23.7. The number of hydrogen-bond donors (Lipinski definition) is 2. The van der Waals surface area contributed by atoms with Gasteiger partial charge in [-0.3, -0.25) is 14.4 Å². The van der Waals surface area contributed by atoms with Gasteiger partial charge in [0.05, 0.1) is 11.5 Å². The summed E-state index contributed by atoms with van der Waals surface area (Å²) in [5, 5.41) is 3.38. The first-order chi connectivity index (χ1) is 14.8. The van der Waals surface area contributed by atoms with Gasteiger partial charge in [0.2, 0.25) is 11.8 Å². The standard InChI is InChI=1S/C24H29N3O3S/c1-14-8-10-18(11-9-14)27-13-17(12-19(27)28)23(30)26-24-21(22(25)29)20(15(2)31-24)16-6-4-3-5-7-16/h3-7,14,17-18H,8-13H2,1-2H3,(H2,25,29)(H,26,30). The van der Waals surface area contributed by atoms with Crippen LogP contribution in [0.2, 0.25) is 0 Å². The molecule has 4 rings (SSSR count). The number of rotatable bonds is 5. The molecule has 1 saturated heterocycles. The Morgan fingerprint density at radius 1 is 1.13 bits per heavy atom. The molecular weight excluding hydrogens is 410 g/mol. The maximum atomic E-state index is 13.0. The van der Waals surface area contributed by atoms with Crippen LogP contribution in [0.4, 0.5) is 5.00 Å². The fraction of sp³-hybridized carbons (Fsp3) is 0.458. The third-order valence-electron chi connectivity index (χ3n) is 6.59. The zero-order valence-corrected chi connectivity index (χ0v) is 18.8. The lowest BCUT2D eigenvalue weighted by atomic mass is 9.87. The summed E-state index contributed by atoms with van der Waals surface area (Å²) in [5.41, 5.74) is 7.69. The van der Waals surface area contributed by atoms with Crippen molar-refractivity contribution in [1.29, 1.82) is 0 Å². The van der Waals surface area contributed by atoms with Crippen molar-refractivity contribution in [3.8, 4) is 11.1 Å². The second kappa shape index (κ2) is 8.83. The number of likely N-dealkylation sites (tertiary alicyclic amines) is 1. The maximum Gasteiger partial charge on any atom is 0.252 e. The molecule has 2 aliphatic rings. The molecule has 1 atom stereocenters. The largest absolute Gasteiger partial charge is 0.365 e. The van der Waals surface area contributed by atoms with E-state index in [1.807, 2.05) is 42.2 Å². The molecule has 1 aliphatic heterocycles. The SMILES string of the molecule is Cc1sc(NC(=O)C2CC(=O)N(C3CCC(C)CC3)C2)c(C(N)=O)c1-c1ccccc1. The highest BCUT2D eigenvalue weighted by Gasteiger charge is 2.39. The number of nitrogens with zero attached hydrogens (tertiary/aromatic N) is 1. The molecular formula is C24H29N3O3S. The third kappa shape index (κ3) is 4.37. The molecule has 0 radical (unpaired) electrons. The predicted octanol–water partition coefficient (Wildman–Crippen LogP) is 4.19. The fourth-order valence-electron chi connectivity index (χ4n) is 4.85. The average molecular weight is 440 g/mol. The molecule has 1 aromatic carbocycles. The van der Waals surface area contributed by atoms with E-state index in [2.05, 4.69) is 12.2 Å². The summed E-state index contributed by atoms with van der Waals surface area (Å²) in [4.78, 5) is 40.8. The van der Waals surface area contributed by atoms with Crippen molar-refractivity contribution in [2.24, 2.45) is 17.6 Å². The monoisotopic (exact) mass is 439 g/mol. The number of primary amides is 1. The second-order valence-electron chi connectivity index (χ2n) is 8.82. The van der Waals surface area contributed by atoms with Crippen molar-refractivity contribution in [2.75, 3.05) is 11.9 Å². The van der Waals surface area contributed by atoms with E-state index in [9.17, 15) is 14.4 Å². The number of thiophene rings is 1. The molecule has 2 aromatic rings. The number of nitrogens with one attached hydrogen (secondary N) is 1. The Morgan fingerprint density at radius 2 is 1.81 bits per heavy atom. The second-order valence-corrected chi connectivity index (χ2v) is 10.0. The van der Waals surface area contributed by atoms with Gasteiger partial charge < -0.3 is 16.0 Å². The van der Waals surface area contributed by atoms with E-state index in [1.54, 1.807) is 0 Å².